The lowest BCUT2D eigenvalue weighted by Crippen LogP contribution is -2.16. The number of hydrogen-bond acceptors (Lipinski definition) is 4. The molecule has 0 aliphatic carbocycles. The Bertz CT molecular complexity index is 671. The van der Waals surface area contributed by atoms with Crippen molar-refractivity contribution in [3.8, 4) is 0 Å². The summed E-state index contributed by atoms with van der Waals surface area (Å²) in [5.41, 5.74) is 6.10. The van der Waals surface area contributed by atoms with Crippen molar-refractivity contribution in [1.82, 2.24) is 4.98 Å². The van der Waals surface area contributed by atoms with Gasteiger partial charge in [0, 0.05) is 11.9 Å². The molecule has 0 unspecified atom stereocenters. The topological polar surface area (TPSA) is 105 Å². The fourth-order valence-corrected chi connectivity index (χ4v) is 1.66. The number of hydrogen-bond donors (Lipinski definition) is 3. The quantitative estimate of drug-likeness (QED) is 0.752. The van der Waals surface area contributed by atoms with Gasteiger partial charge in [0.25, 0.3) is 5.91 Å². The Morgan fingerprint density at radius 2 is 2.00 bits per heavy atom. The Labute approximate surface area is 119 Å². The lowest BCUT2D eigenvalue weighted by Gasteiger charge is -2.09. The van der Waals surface area contributed by atoms with Gasteiger partial charge in [-0.3, -0.25) is 4.79 Å². The molecule has 2 rings (SSSR count). The predicted octanol–water partition coefficient (Wildman–Crippen LogP) is 2.27. The molecule has 1 aromatic heterocycles. The van der Waals surface area contributed by atoms with E-state index >= 15 is 0 Å². The molecule has 0 saturated carbocycles. The maximum Gasteiger partial charge on any atom is 0.337 e. The number of pyridine rings is 1. The van der Waals surface area contributed by atoms with Crippen LogP contribution in [0.1, 0.15) is 20.8 Å². The van der Waals surface area contributed by atoms with E-state index in [4.69, 9.17) is 22.4 Å². The summed E-state index contributed by atoms with van der Waals surface area (Å²) >= 11 is 5.68. The third-order valence-electron chi connectivity index (χ3n) is 2.48. The molecule has 0 aliphatic heterocycles. The zero-order valence-electron chi connectivity index (χ0n) is 10.1. The summed E-state index contributed by atoms with van der Waals surface area (Å²) in [4.78, 5) is 26.9. The third-order valence-corrected chi connectivity index (χ3v) is 2.71. The first-order valence-electron chi connectivity index (χ1n) is 5.53. The molecule has 0 bridgehead atoms. The van der Waals surface area contributed by atoms with Crippen molar-refractivity contribution in [3.63, 3.8) is 0 Å². The van der Waals surface area contributed by atoms with Gasteiger partial charge >= 0.3 is 5.97 Å². The van der Waals surface area contributed by atoms with Crippen LogP contribution in [0.25, 0.3) is 0 Å². The standard InChI is InChI=1S/C13H10ClN3O3/c14-7-1-4-10(16-6-7)12(18)17-11-5-8(15)2-3-9(11)13(19)20/h1-6H,15H2,(H,17,18)(H,19,20). The van der Waals surface area contributed by atoms with Gasteiger partial charge < -0.3 is 16.2 Å². The lowest BCUT2D eigenvalue weighted by atomic mass is 10.1. The molecule has 6 nitrogen and oxygen atoms in total. The van der Waals surface area contributed by atoms with Crippen LogP contribution in [0.4, 0.5) is 11.4 Å². The van der Waals surface area contributed by atoms with E-state index in [9.17, 15) is 9.59 Å². The number of carboxylic acids is 1. The van der Waals surface area contributed by atoms with E-state index in [0.717, 1.165) is 0 Å². The molecule has 0 aliphatic rings. The fourth-order valence-electron chi connectivity index (χ4n) is 1.55. The van der Waals surface area contributed by atoms with Gasteiger partial charge in [0.05, 0.1) is 16.3 Å². The van der Waals surface area contributed by atoms with Crippen LogP contribution >= 0.6 is 11.6 Å². The molecule has 1 aromatic carbocycles. The van der Waals surface area contributed by atoms with Crippen LogP contribution in [0, 0.1) is 0 Å². The number of aromatic carboxylic acids is 1. The van der Waals surface area contributed by atoms with Gasteiger partial charge in [0.2, 0.25) is 0 Å². The van der Waals surface area contributed by atoms with Gasteiger partial charge in [0.15, 0.2) is 0 Å². The third kappa shape index (κ3) is 3.04. The SMILES string of the molecule is Nc1ccc(C(=O)O)c(NC(=O)c2ccc(Cl)cn2)c1. The van der Waals surface area contributed by atoms with Crippen molar-refractivity contribution in [2.75, 3.05) is 11.1 Å². The number of anilines is 2. The smallest absolute Gasteiger partial charge is 0.337 e. The molecular weight excluding hydrogens is 282 g/mol. The number of nitrogen functional groups attached to an aromatic ring is 1. The number of carbonyl (C=O) groups is 2. The highest BCUT2D eigenvalue weighted by Gasteiger charge is 2.14. The number of benzene rings is 1. The minimum atomic E-state index is -1.16. The number of aromatic nitrogens is 1. The maximum absolute atomic E-state index is 12.0. The molecule has 102 valence electrons. The van der Waals surface area contributed by atoms with E-state index in [-0.39, 0.29) is 16.9 Å². The number of carboxylic acid groups (broad SMARTS) is 1. The minimum Gasteiger partial charge on any atom is -0.478 e. The van der Waals surface area contributed by atoms with E-state index < -0.39 is 11.9 Å². The second-order valence-corrected chi connectivity index (χ2v) is 4.36. The maximum atomic E-state index is 12.0. The summed E-state index contributed by atoms with van der Waals surface area (Å²) in [7, 11) is 0. The number of nitrogens with zero attached hydrogens (tertiary/aromatic N) is 1. The van der Waals surface area contributed by atoms with Gasteiger partial charge in [-0.15, -0.1) is 0 Å². The van der Waals surface area contributed by atoms with Crippen molar-refractivity contribution >= 4 is 34.9 Å². The monoisotopic (exact) mass is 291 g/mol. The summed E-state index contributed by atoms with van der Waals surface area (Å²) in [6.07, 6.45) is 1.33. The number of rotatable bonds is 3. The van der Waals surface area contributed by atoms with Crippen LogP contribution in [0.15, 0.2) is 36.5 Å². The van der Waals surface area contributed by atoms with Crippen LogP contribution in [-0.2, 0) is 0 Å². The Balaban J connectivity index is 2.29. The van der Waals surface area contributed by atoms with Crippen LogP contribution in [0.3, 0.4) is 0 Å². The molecule has 1 heterocycles. The highest BCUT2D eigenvalue weighted by molar-refractivity contribution is 6.30. The molecule has 0 spiro atoms. The average molecular weight is 292 g/mol. The highest BCUT2D eigenvalue weighted by Crippen LogP contribution is 2.20. The van der Waals surface area contributed by atoms with E-state index in [1.807, 2.05) is 0 Å². The molecule has 0 radical (unpaired) electrons. The minimum absolute atomic E-state index is 0.0542. The van der Waals surface area contributed by atoms with Gasteiger partial charge in [-0.1, -0.05) is 11.6 Å². The summed E-state index contributed by atoms with van der Waals surface area (Å²) in [5.74, 6) is -1.71. The van der Waals surface area contributed by atoms with Crippen molar-refractivity contribution in [3.05, 3.63) is 52.8 Å². The Hall–Kier alpha value is -2.60. The van der Waals surface area contributed by atoms with Crippen LogP contribution in [0.5, 0.6) is 0 Å². The molecule has 2 aromatic rings. The molecule has 0 atom stereocenters. The van der Waals surface area contributed by atoms with Crippen LogP contribution in [0.2, 0.25) is 5.02 Å². The number of carbonyl (C=O) groups excluding carboxylic acids is 1. The van der Waals surface area contributed by atoms with E-state index in [1.165, 1.54) is 36.5 Å². The zero-order chi connectivity index (χ0) is 14.7. The largest absolute Gasteiger partial charge is 0.478 e. The second-order valence-electron chi connectivity index (χ2n) is 3.93. The predicted molar refractivity (Wildman–Crippen MR) is 75.0 cm³/mol. The fraction of sp³-hybridized carbons (Fsp3) is 0. The number of nitrogens with two attached hydrogens (primary N) is 1. The highest BCUT2D eigenvalue weighted by atomic mass is 35.5. The molecule has 0 saturated heterocycles. The van der Waals surface area contributed by atoms with Crippen LogP contribution < -0.4 is 11.1 Å². The molecular formula is C13H10ClN3O3. The van der Waals surface area contributed by atoms with Gasteiger partial charge in [-0.2, -0.15) is 0 Å². The average Bonchev–Trinajstić information content (AvgIpc) is 2.39. The van der Waals surface area contributed by atoms with E-state index in [2.05, 4.69) is 10.3 Å². The molecule has 1 amide bonds. The van der Waals surface area contributed by atoms with E-state index in [0.29, 0.717) is 10.7 Å². The Kier molecular flexibility index (Phi) is 3.86. The van der Waals surface area contributed by atoms with E-state index in [1.54, 1.807) is 0 Å². The molecule has 4 N–H and O–H groups in total. The Morgan fingerprint density at radius 3 is 2.60 bits per heavy atom. The summed E-state index contributed by atoms with van der Waals surface area (Å²) in [5, 5.41) is 11.9. The van der Waals surface area contributed by atoms with Gasteiger partial charge in [-0.05, 0) is 30.3 Å². The number of nitrogens with one attached hydrogen (secondary N) is 1. The van der Waals surface area contributed by atoms with Crippen LogP contribution in [-0.4, -0.2) is 22.0 Å². The molecule has 7 heteroatoms. The van der Waals surface area contributed by atoms with Gasteiger partial charge in [0.1, 0.15) is 5.69 Å². The lowest BCUT2D eigenvalue weighted by molar-refractivity contribution is 0.0698. The summed E-state index contributed by atoms with van der Waals surface area (Å²) in [6.45, 7) is 0. The summed E-state index contributed by atoms with van der Waals surface area (Å²) in [6, 6.07) is 7.09. The molecule has 20 heavy (non-hydrogen) atoms. The first-order chi connectivity index (χ1) is 9.47. The Morgan fingerprint density at radius 1 is 1.25 bits per heavy atom. The number of halogens is 1. The first-order valence-corrected chi connectivity index (χ1v) is 5.91. The zero-order valence-corrected chi connectivity index (χ0v) is 10.9. The van der Waals surface area contributed by atoms with Crippen molar-refractivity contribution in [2.45, 2.75) is 0 Å². The van der Waals surface area contributed by atoms with Gasteiger partial charge in [-0.25, -0.2) is 9.78 Å². The molecule has 0 fully saturated rings. The van der Waals surface area contributed by atoms with Crippen molar-refractivity contribution in [2.24, 2.45) is 0 Å². The normalized spacial score (nSPS) is 10.1. The van der Waals surface area contributed by atoms with Crippen molar-refractivity contribution < 1.29 is 14.7 Å². The second kappa shape index (κ2) is 5.58. The first kappa shape index (κ1) is 13.8. The number of amides is 1. The summed E-state index contributed by atoms with van der Waals surface area (Å²) < 4.78 is 0. The van der Waals surface area contributed by atoms with Crippen molar-refractivity contribution in [1.29, 1.82) is 0 Å².